The fraction of sp³-hybridized carbons (Fsp3) is 0.476. The number of primary amides is 1. The Morgan fingerprint density at radius 3 is 2.55 bits per heavy atom. The van der Waals surface area contributed by atoms with Gasteiger partial charge in [0.2, 0.25) is 0 Å². The molecule has 0 aromatic heterocycles. The van der Waals surface area contributed by atoms with Gasteiger partial charge in [0.25, 0.3) is 5.91 Å². The van der Waals surface area contributed by atoms with Crippen molar-refractivity contribution in [3.05, 3.63) is 46.5 Å². The van der Waals surface area contributed by atoms with Gasteiger partial charge in [-0.2, -0.15) is 0 Å². The number of hydrogen-bond donors (Lipinski definition) is 3. The standard InChI is InChI=1S/C21H28ClN3O4/c1-14(20(27)24-12-11-15-5-3-2-4-6-15)29-19(26)13-18(25-21(23)28)16-7-9-17(22)10-8-16/h5,7-10,14,18H,2-4,6,11-13H2,1H3,(H,24,27)(H3,23,25,28)/t14-,18+/m0/s1. The number of amides is 3. The Morgan fingerprint density at radius 2 is 1.93 bits per heavy atom. The Balaban J connectivity index is 1.82. The van der Waals surface area contributed by atoms with Crippen LogP contribution in [0.4, 0.5) is 4.79 Å². The third kappa shape index (κ3) is 8.15. The van der Waals surface area contributed by atoms with Crippen molar-refractivity contribution in [3.63, 3.8) is 0 Å². The summed E-state index contributed by atoms with van der Waals surface area (Å²) in [7, 11) is 0. The number of urea groups is 1. The number of carbonyl (C=O) groups is 3. The van der Waals surface area contributed by atoms with Crippen LogP contribution in [0.3, 0.4) is 0 Å². The van der Waals surface area contributed by atoms with Gasteiger partial charge >= 0.3 is 12.0 Å². The normalized spacial score (nSPS) is 15.6. The first-order valence-electron chi connectivity index (χ1n) is 9.81. The average molecular weight is 422 g/mol. The zero-order chi connectivity index (χ0) is 21.2. The molecule has 29 heavy (non-hydrogen) atoms. The highest BCUT2D eigenvalue weighted by atomic mass is 35.5. The number of halogens is 1. The Morgan fingerprint density at radius 1 is 1.21 bits per heavy atom. The van der Waals surface area contributed by atoms with E-state index in [1.54, 1.807) is 24.3 Å². The quantitative estimate of drug-likeness (QED) is 0.419. The molecule has 7 nitrogen and oxygen atoms in total. The number of allylic oxidation sites excluding steroid dienone is 1. The third-order valence-corrected chi connectivity index (χ3v) is 5.02. The van der Waals surface area contributed by atoms with Crippen LogP contribution in [0.5, 0.6) is 0 Å². The molecule has 0 aliphatic heterocycles. The fourth-order valence-electron chi connectivity index (χ4n) is 3.21. The van der Waals surface area contributed by atoms with E-state index in [2.05, 4.69) is 16.7 Å². The number of benzene rings is 1. The molecule has 2 rings (SSSR count). The van der Waals surface area contributed by atoms with Gasteiger partial charge in [-0.1, -0.05) is 35.4 Å². The monoisotopic (exact) mass is 421 g/mol. The molecule has 1 aliphatic carbocycles. The van der Waals surface area contributed by atoms with Crippen LogP contribution in [0, 0.1) is 0 Å². The van der Waals surface area contributed by atoms with Gasteiger partial charge < -0.3 is 21.1 Å². The number of hydrogen-bond acceptors (Lipinski definition) is 4. The summed E-state index contributed by atoms with van der Waals surface area (Å²) >= 11 is 5.87. The molecule has 0 radical (unpaired) electrons. The number of nitrogens with one attached hydrogen (secondary N) is 2. The number of rotatable bonds is 9. The molecule has 0 saturated heterocycles. The van der Waals surface area contributed by atoms with Crippen molar-refractivity contribution in [1.29, 1.82) is 0 Å². The highest BCUT2D eigenvalue weighted by molar-refractivity contribution is 6.30. The van der Waals surface area contributed by atoms with E-state index in [4.69, 9.17) is 22.1 Å². The maximum Gasteiger partial charge on any atom is 0.312 e. The molecule has 2 atom stereocenters. The van der Waals surface area contributed by atoms with Gasteiger partial charge in [-0.15, -0.1) is 0 Å². The van der Waals surface area contributed by atoms with Crippen molar-refractivity contribution in [2.24, 2.45) is 5.73 Å². The molecule has 8 heteroatoms. The summed E-state index contributed by atoms with van der Waals surface area (Å²) in [6, 6.07) is 5.23. The van der Waals surface area contributed by atoms with Crippen molar-refractivity contribution in [2.45, 2.75) is 57.6 Å². The predicted molar refractivity (Wildman–Crippen MR) is 111 cm³/mol. The van der Waals surface area contributed by atoms with E-state index >= 15 is 0 Å². The van der Waals surface area contributed by atoms with Crippen molar-refractivity contribution in [1.82, 2.24) is 10.6 Å². The van der Waals surface area contributed by atoms with Gasteiger partial charge in [0.15, 0.2) is 6.10 Å². The number of ether oxygens (including phenoxy) is 1. The summed E-state index contributed by atoms with van der Waals surface area (Å²) < 4.78 is 5.23. The van der Waals surface area contributed by atoms with Crippen LogP contribution in [0.25, 0.3) is 0 Å². The predicted octanol–water partition coefficient (Wildman–Crippen LogP) is 3.38. The molecule has 158 valence electrons. The van der Waals surface area contributed by atoms with Crippen molar-refractivity contribution in [2.75, 3.05) is 6.54 Å². The molecule has 3 amide bonds. The summed E-state index contributed by atoms with van der Waals surface area (Å²) in [5, 5.41) is 5.84. The molecule has 0 spiro atoms. The van der Waals surface area contributed by atoms with Gasteiger partial charge in [0, 0.05) is 11.6 Å². The summed E-state index contributed by atoms with van der Waals surface area (Å²) in [5.74, 6) is -0.961. The lowest BCUT2D eigenvalue weighted by molar-refractivity contribution is -0.155. The molecule has 0 saturated carbocycles. The van der Waals surface area contributed by atoms with E-state index in [0.29, 0.717) is 17.1 Å². The van der Waals surface area contributed by atoms with Crippen LogP contribution in [0.2, 0.25) is 5.02 Å². The lowest BCUT2D eigenvalue weighted by Gasteiger charge is -2.19. The maximum atomic E-state index is 12.3. The largest absolute Gasteiger partial charge is 0.452 e. The van der Waals surface area contributed by atoms with Crippen LogP contribution in [-0.2, 0) is 14.3 Å². The summed E-state index contributed by atoms with van der Waals surface area (Å²) in [6.45, 7) is 2.04. The van der Waals surface area contributed by atoms with Gasteiger partial charge in [-0.05, 0) is 56.7 Å². The molecule has 4 N–H and O–H groups in total. The fourth-order valence-corrected chi connectivity index (χ4v) is 3.33. The SMILES string of the molecule is C[C@H](OC(=O)C[C@@H](NC(N)=O)c1ccc(Cl)cc1)C(=O)NCCC1=CCCCC1. The zero-order valence-electron chi connectivity index (χ0n) is 16.6. The summed E-state index contributed by atoms with van der Waals surface area (Å²) in [4.78, 5) is 35.7. The minimum Gasteiger partial charge on any atom is -0.452 e. The van der Waals surface area contributed by atoms with Crippen molar-refractivity contribution in [3.8, 4) is 0 Å². The molecular weight excluding hydrogens is 394 g/mol. The van der Waals surface area contributed by atoms with Crippen molar-refractivity contribution < 1.29 is 19.1 Å². The Labute approximate surface area is 176 Å². The first-order chi connectivity index (χ1) is 13.8. The number of esters is 1. The molecule has 0 unspecified atom stereocenters. The zero-order valence-corrected chi connectivity index (χ0v) is 17.3. The number of carbonyl (C=O) groups excluding carboxylic acids is 3. The smallest absolute Gasteiger partial charge is 0.312 e. The minimum absolute atomic E-state index is 0.158. The summed E-state index contributed by atoms with van der Waals surface area (Å²) in [6.07, 6.45) is 6.57. The molecule has 0 fully saturated rings. The molecule has 1 aromatic carbocycles. The van der Waals surface area contributed by atoms with E-state index in [1.807, 2.05) is 0 Å². The molecular formula is C21H28ClN3O4. The van der Waals surface area contributed by atoms with E-state index in [1.165, 1.54) is 25.3 Å². The van der Waals surface area contributed by atoms with E-state index in [-0.39, 0.29) is 12.3 Å². The third-order valence-electron chi connectivity index (χ3n) is 4.77. The Hall–Kier alpha value is -2.54. The molecule has 0 bridgehead atoms. The minimum atomic E-state index is -0.928. The second-order valence-corrected chi connectivity index (χ2v) is 7.53. The molecule has 0 heterocycles. The van der Waals surface area contributed by atoms with E-state index in [9.17, 15) is 14.4 Å². The van der Waals surface area contributed by atoms with E-state index < -0.39 is 24.1 Å². The first kappa shape index (κ1) is 22.7. The van der Waals surface area contributed by atoms with Crippen LogP contribution in [-0.4, -0.2) is 30.6 Å². The van der Waals surface area contributed by atoms with Gasteiger partial charge in [0.1, 0.15) is 0 Å². The molecule has 1 aliphatic rings. The molecule has 1 aromatic rings. The van der Waals surface area contributed by atoms with Crippen LogP contribution in [0.1, 0.15) is 57.1 Å². The van der Waals surface area contributed by atoms with Crippen LogP contribution >= 0.6 is 11.6 Å². The second kappa shape index (κ2) is 11.5. The Bertz CT molecular complexity index is 749. The topological polar surface area (TPSA) is 111 Å². The summed E-state index contributed by atoms with van der Waals surface area (Å²) in [5.41, 5.74) is 7.23. The Kier molecular flexibility index (Phi) is 8.99. The van der Waals surface area contributed by atoms with E-state index in [0.717, 1.165) is 19.3 Å². The van der Waals surface area contributed by atoms with Gasteiger partial charge in [-0.3, -0.25) is 9.59 Å². The highest BCUT2D eigenvalue weighted by Gasteiger charge is 2.22. The van der Waals surface area contributed by atoms with Gasteiger partial charge in [-0.25, -0.2) is 4.79 Å². The lowest BCUT2D eigenvalue weighted by atomic mass is 9.97. The van der Waals surface area contributed by atoms with Crippen molar-refractivity contribution >= 4 is 29.5 Å². The highest BCUT2D eigenvalue weighted by Crippen LogP contribution is 2.21. The van der Waals surface area contributed by atoms with Crippen LogP contribution in [0.15, 0.2) is 35.9 Å². The van der Waals surface area contributed by atoms with Crippen LogP contribution < -0.4 is 16.4 Å². The second-order valence-electron chi connectivity index (χ2n) is 7.10. The van der Waals surface area contributed by atoms with Gasteiger partial charge in [0.05, 0.1) is 12.5 Å². The lowest BCUT2D eigenvalue weighted by Crippen LogP contribution is -2.38. The first-order valence-corrected chi connectivity index (χ1v) is 10.2. The number of nitrogens with two attached hydrogens (primary N) is 1. The average Bonchev–Trinajstić information content (AvgIpc) is 2.68. The maximum absolute atomic E-state index is 12.3.